The van der Waals surface area contributed by atoms with E-state index in [0.29, 0.717) is 17.9 Å². The Morgan fingerprint density at radius 1 is 1.30 bits per heavy atom. The summed E-state index contributed by atoms with van der Waals surface area (Å²) >= 11 is 0. The van der Waals surface area contributed by atoms with Crippen LogP contribution in [0.4, 0.5) is 5.69 Å². The highest BCUT2D eigenvalue weighted by Gasteiger charge is 2.21. The molecular formula is C16H19NO3. The number of nitrogens with one attached hydrogen (secondary N) is 1. The third-order valence-electron chi connectivity index (χ3n) is 3.32. The van der Waals surface area contributed by atoms with E-state index in [9.17, 15) is 9.59 Å². The lowest BCUT2D eigenvalue weighted by Gasteiger charge is -2.18. The lowest BCUT2D eigenvalue weighted by Crippen LogP contribution is -2.24. The summed E-state index contributed by atoms with van der Waals surface area (Å²) in [5, 5.41) is 2.85. The predicted octanol–water partition coefficient (Wildman–Crippen LogP) is 3.16. The van der Waals surface area contributed by atoms with Gasteiger partial charge in [0.1, 0.15) is 0 Å². The maximum absolute atomic E-state index is 12.2. The van der Waals surface area contributed by atoms with Crippen LogP contribution in [0.15, 0.2) is 36.4 Å². The van der Waals surface area contributed by atoms with Crippen LogP contribution < -0.4 is 5.32 Å². The number of ether oxygens (including phenoxy) is 1. The molecular weight excluding hydrogens is 254 g/mol. The molecule has 1 aliphatic carbocycles. The van der Waals surface area contributed by atoms with Gasteiger partial charge in [-0.25, -0.2) is 4.79 Å². The first-order valence-corrected chi connectivity index (χ1v) is 6.94. The first-order valence-electron chi connectivity index (χ1n) is 6.94. The quantitative estimate of drug-likeness (QED) is 0.677. The van der Waals surface area contributed by atoms with Gasteiger partial charge in [-0.15, -0.1) is 0 Å². The zero-order valence-corrected chi connectivity index (χ0v) is 11.6. The number of carbonyl (C=O) groups excluding carboxylic acids is 2. The van der Waals surface area contributed by atoms with Crippen LogP contribution in [0.5, 0.6) is 0 Å². The van der Waals surface area contributed by atoms with Crippen LogP contribution >= 0.6 is 0 Å². The summed E-state index contributed by atoms with van der Waals surface area (Å²) in [6, 6.07) is 6.93. The first kappa shape index (κ1) is 14.3. The van der Waals surface area contributed by atoms with Gasteiger partial charge < -0.3 is 10.1 Å². The number of rotatable bonds is 4. The van der Waals surface area contributed by atoms with Gasteiger partial charge in [-0.3, -0.25) is 4.79 Å². The second-order valence-electron chi connectivity index (χ2n) is 4.74. The van der Waals surface area contributed by atoms with Crippen molar-refractivity contribution in [3.05, 3.63) is 42.0 Å². The molecule has 4 heteroatoms. The maximum atomic E-state index is 12.2. The second kappa shape index (κ2) is 6.89. The molecule has 0 heterocycles. The van der Waals surface area contributed by atoms with Gasteiger partial charge in [0.05, 0.1) is 17.9 Å². The average Bonchev–Trinajstić information content (AvgIpc) is 2.49. The van der Waals surface area contributed by atoms with E-state index >= 15 is 0 Å². The number of carbonyl (C=O) groups is 2. The summed E-state index contributed by atoms with van der Waals surface area (Å²) in [5.74, 6) is -0.465. The minimum atomic E-state index is -0.410. The van der Waals surface area contributed by atoms with Crippen molar-refractivity contribution in [2.45, 2.75) is 26.2 Å². The second-order valence-corrected chi connectivity index (χ2v) is 4.74. The Balaban J connectivity index is 2.10. The molecule has 0 aliphatic heterocycles. The van der Waals surface area contributed by atoms with Crippen molar-refractivity contribution in [3.63, 3.8) is 0 Å². The molecule has 1 atom stereocenters. The van der Waals surface area contributed by atoms with Crippen LogP contribution in [0.3, 0.4) is 0 Å². The van der Waals surface area contributed by atoms with Crippen LogP contribution in [0.1, 0.15) is 36.5 Å². The Hall–Kier alpha value is -2.10. The Labute approximate surface area is 118 Å². The summed E-state index contributed by atoms with van der Waals surface area (Å²) in [6.45, 7) is 2.07. The highest BCUT2D eigenvalue weighted by molar-refractivity contribution is 6.01. The van der Waals surface area contributed by atoms with E-state index in [4.69, 9.17) is 4.74 Å². The molecule has 0 saturated heterocycles. The average molecular weight is 273 g/mol. The molecule has 1 unspecified atom stereocenters. The Morgan fingerprint density at radius 3 is 2.80 bits per heavy atom. The minimum absolute atomic E-state index is 0.0183. The smallest absolute Gasteiger partial charge is 0.340 e. The topological polar surface area (TPSA) is 55.4 Å². The van der Waals surface area contributed by atoms with E-state index in [1.165, 1.54) is 0 Å². The molecule has 0 aromatic heterocycles. The molecule has 4 nitrogen and oxygen atoms in total. The molecule has 1 aromatic rings. The van der Waals surface area contributed by atoms with Crippen molar-refractivity contribution in [3.8, 4) is 0 Å². The summed E-state index contributed by atoms with van der Waals surface area (Å²) < 4.78 is 4.99. The fourth-order valence-corrected chi connectivity index (χ4v) is 2.25. The van der Waals surface area contributed by atoms with Crippen molar-refractivity contribution in [1.29, 1.82) is 0 Å². The SMILES string of the molecule is CCOC(=O)c1ccccc1NC(=O)C1CC=CCC1. The van der Waals surface area contributed by atoms with Crippen LogP contribution in [-0.2, 0) is 9.53 Å². The normalized spacial score (nSPS) is 17.6. The van der Waals surface area contributed by atoms with Gasteiger partial charge in [0, 0.05) is 5.92 Å². The number of allylic oxidation sites excluding steroid dienone is 2. The molecule has 1 aliphatic rings. The van der Waals surface area contributed by atoms with Crippen molar-refractivity contribution >= 4 is 17.6 Å². The number of anilines is 1. The van der Waals surface area contributed by atoms with Crippen LogP contribution in [0.2, 0.25) is 0 Å². The monoisotopic (exact) mass is 273 g/mol. The van der Waals surface area contributed by atoms with E-state index in [1.807, 2.05) is 6.08 Å². The van der Waals surface area contributed by atoms with E-state index in [2.05, 4.69) is 11.4 Å². The van der Waals surface area contributed by atoms with Crippen LogP contribution in [0.25, 0.3) is 0 Å². The zero-order chi connectivity index (χ0) is 14.4. The fraction of sp³-hybridized carbons (Fsp3) is 0.375. The van der Waals surface area contributed by atoms with Crippen molar-refractivity contribution in [1.82, 2.24) is 0 Å². The number of para-hydroxylation sites is 1. The van der Waals surface area contributed by atoms with Gasteiger partial charge in [0.25, 0.3) is 0 Å². The molecule has 2 rings (SSSR count). The fourth-order valence-electron chi connectivity index (χ4n) is 2.25. The molecule has 0 spiro atoms. The molecule has 106 valence electrons. The summed E-state index contributed by atoms with van der Waals surface area (Å²) in [6.07, 6.45) is 6.66. The highest BCUT2D eigenvalue weighted by Crippen LogP contribution is 2.22. The molecule has 1 aromatic carbocycles. The van der Waals surface area contributed by atoms with Crippen molar-refractivity contribution in [2.24, 2.45) is 5.92 Å². The number of esters is 1. The molecule has 20 heavy (non-hydrogen) atoms. The van der Waals surface area contributed by atoms with Gasteiger partial charge in [-0.2, -0.15) is 0 Å². The molecule has 0 radical (unpaired) electrons. The lowest BCUT2D eigenvalue weighted by atomic mass is 9.93. The first-order chi connectivity index (χ1) is 9.72. The highest BCUT2D eigenvalue weighted by atomic mass is 16.5. The summed E-state index contributed by atoms with van der Waals surface area (Å²) in [4.78, 5) is 24.0. The molecule has 1 N–H and O–H groups in total. The molecule has 0 saturated carbocycles. The zero-order valence-electron chi connectivity index (χ0n) is 11.6. The number of amides is 1. The number of hydrogen-bond donors (Lipinski definition) is 1. The molecule has 0 bridgehead atoms. The van der Waals surface area contributed by atoms with Crippen molar-refractivity contribution < 1.29 is 14.3 Å². The number of benzene rings is 1. The van der Waals surface area contributed by atoms with Gasteiger partial charge in [-0.1, -0.05) is 24.3 Å². The van der Waals surface area contributed by atoms with Gasteiger partial charge in [-0.05, 0) is 38.3 Å². The summed E-state index contributed by atoms with van der Waals surface area (Å²) in [5.41, 5.74) is 0.916. The van der Waals surface area contributed by atoms with E-state index in [0.717, 1.165) is 19.3 Å². The van der Waals surface area contributed by atoms with Gasteiger partial charge >= 0.3 is 5.97 Å². The van der Waals surface area contributed by atoms with E-state index in [1.54, 1.807) is 31.2 Å². The summed E-state index contributed by atoms with van der Waals surface area (Å²) in [7, 11) is 0. The Bertz CT molecular complexity index is 522. The van der Waals surface area contributed by atoms with Gasteiger partial charge in [0.15, 0.2) is 0 Å². The minimum Gasteiger partial charge on any atom is -0.462 e. The number of hydrogen-bond acceptors (Lipinski definition) is 3. The standard InChI is InChI=1S/C16H19NO3/c1-2-20-16(19)13-10-6-7-11-14(13)17-15(18)12-8-4-3-5-9-12/h3-4,6-7,10-12H,2,5,8-9H2,1H3,(H,17,18). The van der Waals surface area contributed by atoms with Crippen LogP contribution in [0, 0.1) is 5.92 Å². The molecule has 0 fully saturated rings. The van der Waals surface area contributed by atoms with Crippen LogP contribution in [-0.4, -0.2) is 18.5 Å². The third kappa shape index (κ3) is 3.47. The third-order valence-corrected chi connectivity index (χ3v) is 3.32. The lowest BCUT2D eigenvalue weighted by molar-refractivity contribution is -0.120. The predicted molar refractivity (Wildman–Crippen MR) is 77.5 cm³/mol. The largest absolute Gasteiger partial charge is 0.462 e. The van der Waals surface area contributed by atoms with Gasteiger partial charge in [0.2, 0.25) is 5.91 Å². The van der Waals surface area contributed by atoms with E-state index in [-0.39, 0.29) is 11.8 Å². The Kier molecular flexibility index (Phi) is 4.93. The Morgan fingerprint density at radius 2 is 2.10 bits per heavy atom. The molecule has 1 amide bonds. The van der Waals surface area contributed by atoms with E-state index < -0.39 is 5.97 Å². The maximum Gasteiger partial charge on any atom is 0.340 e. The van der Waals surface area contributed by atoms with Crippen molar-refractivity contribution in [2.75, 3.05) is 11.9 Å².